The Hall–Kier alpha value is -0.620. The molecule has 0 aromatic heterocycles. The summed E-state index contributed by atoms with van der Waals surface area (Å²) in [4.78, 5) is 11.8. The van der Waals surface area contributed by atoms with Crippen molar-refractivity contribution in [3.05, 3.63) is 0 Å². The van der Waals surface area contributed by atoms with E-state index in [0.717, 1.165) is 0 Å². The predicted octanol–water partition coefficient (Wildman–Crippen LogP) is 0.0868. The average Bonchev–Trinajstić information content (AvgIpc) is 2.15. The molecule has 0 spiro atoms. The molecule has 5 nitrogen and oxygen atoms in total. The molecule has 1 aliphatic rings. The molecule has 0 radical (unpaired) electrons. The van der Waals surface area contributed by atoms with E-state index in [2.05, 4.69) is 5.32 Å². The van der Waals surface area contributed by atoms with Gasteiger partial charge in [-0.15, -0.1) is 0 Å². The molecule has 100 valence electrons. The predicted molar refractivity (Wildman–Crippen MR) is 65.3 cm³/mol. The summed E-state index contributed by atoms with van der Waals surface area (Å²) < 4.78 is 22.8. The van der Waals surface area contributed by atoms with Gasteiger partial charge in [-0.2, -0.15) is 0 Å². The van der Waals surface area contributed by atoms with Crippen molar-refractivity contribution < 1.29 is 18.3 Å². The molecule has 1 amide bonds. The summed E-state index contributed by atoms with van der Waals surface area (Å²) in [6.07, 6.45) is 1.22. The third-order valence-corrected chi connectivity index (χ3v) is 5.20. The lowest BCUT2D eigenvalue weighted by Crippen LogP contribution is -2.53. The first-order chi connectivity index (χ1) is 7.65. The van der Waals surface area contributed by atoms with Crippen LogP contribution in [0.5, 0.6) is 0 Å². The number of amides is 1. The van der Waals surface area contributed by atoms with Crippen molar-refractivity contribution in [2.75, 3.05) is 11.5 Å². The van der Waals surface area contributed by atoms with Crippen LogP contribution in [0.25, 0.3) is 0 Å². The van der Waals surface area contributed by atoms with Gasteiger partial charge in [0.1, 0.15) is 5.60 Å². The number of hydrogen-bond acceptors (Lipinski definition) is 4. The zero-order valence-corrected chi connectivity index (χ0v) is 11.4. The lowest BCUT2D eigenvalue weighted by Gasteiger charge is -2.30. The minimum atomic E-state index is -3.04. The average molecular weight is 263 g/mol. The van der Waals surface area contributed by atoms with Crippen LogP contribution in [0.2, 0.25) is 0 Å². The Labute approximate surface area is 103 Å². The quantitative estimate of drug-likeness (QED) is 0.755. The zero-order valence-electron chi connectivity index (χ0n) is 10.6. The Morgan fingerprint density at radius 1 is 1.47 bits per heavy atom. The standard InChI is InChI=1S/C11H21NO4S/c1-8(2)11(3,14)10(13)12-9-5-4-6-17(15,16)7-9/h8-9,14H,4-7H2,1-3H3,(H,12,13). The van der Waals surface area contributed by atoms with Gasteiger partial charge >= 0.3 is 0 Å². The van der Waals surface area contributed by atoms with E-state index in [0.29, 0.717) is 12.8 Å². The third kappa shape index (κ3) is 3.67. The summed E-state index contributed by atoms with van der Waals surface area (Å²) in [6, 6.07) is -0.369. The summed E-state index contributed by atoms with van der Waals surface area (Å²) in [5.41, 5.74) is -1.46. The van der Waals surface area contributed by atoms with Crippen LogP contribution in [0, 0.1) is 5.92 Å². The molecule has 1 fully saturated rings. The molecule has 1 saturated heterocycles. The van der Waals surface area contributed by atoms with Gasteiger partial charge in [-0.3, -0.25) is 4.79 Å². The minimum Gasteiger partial charge on any atom is -0.380 e. The third-order valence-electron chi connectivity index (χ3n) is 3.38. The van der Waals surface area contributed by atoms with Gasteiger partial charge in [0.2, 0.25) is 0 Å². The maximum Gasteiger partial charge on any atom is 0.252 e. The molecule has 0 aromatic carbocycles. The summed E-state index contributed by atoms with van der Waals surface area (Å²) >= 11 is 0. The van der Waals surface area contributed by atoms with Crippen molar-refractivity contribution in [1.82, 2.24) is 5.32 Å². The van der Waals surface area contributed by atoms with E-state index in [4.69, 9.17) is 0 Å². The Kier molecular flexibility index (Phi) is 4.19. The normalized spacial score (nSPS) is 27.5. The number of sulfone groups is 1. The molecule has 0 bridgehead atoms. The number of rotatable bonds is 3. The van der Waals surface area contributed by atoms with Gasteiger partial charge in [-0.1, -0.05) is 13.8 Å². The first kappa shape index (κ1) is 14.4. The molecule has 2 atom stereocenters. The number of carbonyl (C=O) groups is 1. The zero-order chi connectivity index (χ0) is 13.3. The fraction of sp³-hybridized carbons (Fsp3) is 0.909. The van der Waals surface area contributed by atoms with Crippen LogP contribution in [0.4, 0.5) is 0 Å². The van der Waals surface area contributed by atoms with Crippen molar-refractivity contribution in [2.45, 2.75) is 45.3 Å². The monoisotopic (exact) mass is 263 g/mol. The summed E-state index contributed by atoms with van der Waals surface area (Å²) in [5, 5.41) is 12.6. The summed E-state index contributed by atoms with van der Waals surface area (Å²) in [7, 11) is -3.04. The van der Waals surface area contributed by atoms with Crippen molar-refractivity contribution in [1.29, 1.82) is 0 Å². The van der Waals surface area contributed by atoms with Crippen LogP contribution in [-0.4, -0.2) is 42.6 Å². The van der Waals surface area contributed by atoms with E-state index in [-0.39, 0.29) is 23.5 Å². The van der Waals surface area contributed by atoms with E-state index in [1.165, 1.54) is 6.92 Å². The molecule has 1 aliphatic heterocycles. The van der Waals surface area contributed by atoms with Crippen LogP contribution >= 0.6 is 0 Å². The molecule has 0 saturated carbocycles. The Morgan fingerprint density at radius 2 is 2.06 bits per heavy atom. The SMILES string of the molecule is CC(C)C(C)(O)C(=O)NC1CCCS(=O)(=O)C1. The van der Waals surface area contributed by atoms with Gasteiger partial charge in [-0.25, -0.2) is 8.42 Å². The topological polar surface area (TPSA) is 83.5 Å². The van der Waals surface area contributed by atoms with Gasteiger partial charge in [-0.05, 0) is 25.7 Å². The van der Waals surface area contributed by atoms with Gasteiger partial charge in [0.25, 0.3) is 5.91 Å². The molecular formula is C11H21NO4S. The van der Waals surface area contributed by atoms with E-state index in [1.807, 2.05) is 0 Å². The second kappa shape index (κ2) is 4.94. The van der Waals surface area contributed by atoms with Gasteiger partial charge in [0, 0.05) is 6.04 Å². The van der Waals surface area contributed by atoms with Crippen molar-refractivity contribution in [2.24, 2.45) is 5.92 Å². The van der Waals surface area contributed by atoms with E-state index in [9.17, 15) is 18.3 Å². The highest BCUT2D eigenvalue weighted by atomic mass is 32.2. The van der Waals surface area contributed by atoms with Crippen LogP contribution in [0.15, 0.2) is 0 Å². The van der Waals surface area contributed by atoms with Crippen molar-refractivity contribution in [3.8, 4) is 0 Å². The lowest BCUT2D eigenvalue weighted by molar-refractivity contribution is -0.142. The lowest BCUT2D eigenvalue weighted by atomic mass is 9.91. The fourth-order valence-electron chi connectivity index (χ4n) is 1.73. The molecule has 1 rings (SSSR count). The Bertz CT molecular complexity index is 386. The molecule has 2 unspecified atom stereocenters. The Morgan fingerprint density at radius 3 is 2.53 bits per heavy atom. The van der Waals surface area contributed by atoms with E-state index in [1.54, 1.807) is 13.8 Å². The molecule has 17 heavy (non-hydrogen) atoms. The molecular weight excluding hydrogens is 242 g/mol. The van der Waals surface area contributed by atoms with E-state index >= 15 is 0 Å². The summed E-state index contributed by atoms with van der Waals surface area (Å²) in [6.45, 7) is 4.94. The number of carbonyl (C=O) groups excluding carboxylic acids is 1. The van der Waals surface area contributed by atoms with Crippen LogP contribution < -0.4 is 5.32 Å². The van der Waals surface area contributed by atoms with Crippen LogP contribution in [0.3, 0.4) is 0 Å². The summed E-state index contributed by atoms with van der Waals surface area (Å²) in [5.74, 6) is -0.537. The largest absolute Gasteiger partial charge is 0.380 e. The number of aliphatic hydroxyl groups is 1. The highest BCUT2D eigenvalue weighted by Gasteiger charge is 2.36. The smallest absolute Gasteiger partial charge is 0.252 e. The van der Waals surface area contributed by atoms with Crippen molar-refractivity contribution in [3.63, 3.8) is 0 Å². The minimum absolute atomic E-state index is 0.0209. The van der Waals surface area contributed by atoms with E-state index < -0.39 is 21.3 Å². The molecule has 2 N–H and O–H groups in total. The highest BCUT2D eigenvalue weighted by molar-refractivity contribution is 7.91. The van der Waals surface area contributed by atoms with Gasteiger partial charge in [0.15, 0.2) is 9.84 Å². The maximum absolute atomic E-state index is 11.8. The molecule has 0 aromatic rings. The van der Waals surface area contributed by atoms with Gasteiger partial charge < -0.3 is 10.4 Å². The fourth-order valence-corrected chi connectivity index (χ4v) is 3.37. The number of nitrogens with one attached hydrogen (secondary N) is 1. The molecule has 0 aliphatic carbocycles. The maximum atomic E-state index is 11.8. The van der Waals surface area contributed by atoms with Crippen molar-refractivity contribution >= 4 is 15.7 Å². The second-order valence-electron chi connectivity index (χ2n) is 5.23. The molecule has 6 heteroatoms. The van der Waals surface area contributed by atoms with Gasteiger partial charge in [0.05, 0.1) is 11.5 Å². The first-order valence-electron chi connectivity index (χ1n) is 5.89. The Balaban J connectivity index is 2.64. The molecule has 1 heterocycles. The van der Waals surface area contributed by atoms with Crippen LogP contribution in [0.1, 0.15) is 33.6 Å². The second-order valence-corrected chi connectivity index (χ2v) is 7.46. The highest BCUT2D eigenvalue weighted by Crippen LogP contribution is 2.18. The first-order valence-corrected chi connectivity index (χ1v) is 7.71. The number of hydrogen-bond donors (Lipinski definition) is 2. The van der Waals surface area contributed by atoms with Crippen LogP contribution in [-0.2, 0) is 14.6 Å².